The van der Waals surface area contributed by atoms with E-state index in [9.17, 15) is 9.18 Å². The molecule has 3 rings (SSSR count). The largest absolute Gasteiger partial charge is 0.497 e. The number of allylic oxidation sites excluding steroid dienone is 1. The van der Waals surface area contributed by atoms with E-state index in [0.717, 1.165) is 38.9 Å². The molecule has 142 valence electrons. The molecule has 2 heterocycles. The third kappa shape index (κ3) is 3.78. The Hall–Kier alpha value is -1.88. The minimum Gasteiger partial charge on any atom is -0.497 e. The van der Waals surface area contributed by atoms with Crippen LogP contribution in [0.1, 0.15) is 38.7 Å². The molecular formula is C21H29FN2O2. The number of carbonyl (C=O) groups is 1. The van der Waals surface area contributed by atoms with Crippen LogP contribution in [0.5, 0.6) is 5.75 Å². The summed E-state index contributed by atoms with van der Waals surface area (Å²) >= 11 is 0. The van der Waals surface area contributed by atoms with Crippen LogP contribution in [0, 0.1) is 11.2 Å². The summed E-state index contributed by atoms with van der Waals surface area (Å²) in [5, 5.41) is 0. The second-order valence-corrected chi connectivity index (χ2v) is 7.66. The van der Waals surface area contributed by atoms with E-state index >= 15 is 0 Å². The van der Waals surface area contributed by atoms with Gasteiger partial charge in [0.15, 0.2) is 0 Å². The van der Waals surface area contributed by atoms with Crippen molar-refractivity contribution in [1.29, 1.82) is 0 Å². The Labute approximate surface area is 155 Å². The van der Waals surface area contributed by atoms with Crippen molar-refractivity contribution in [2.75, 3.05) is 33.3 Å². The zero-order chi connectivity index (χ0) is 18.7. The van der Waals surface area contributed by atoms with Gasteiger partial charge in [0.1, 0.15) is 11.6 Å². The molecule has 0 aliphatic carbocycles. The summed E-state index contributed by atoms with van der Waals surface area (Å²) in [6.45, 7) is 7.90. The molecule has 2 aliphatic rings. The maximum Gasteiger partial charge on any atom is 0.230 e. The lowest BCUT2D eigenvalue weighted by Gasteiger charge is -2.39. The number of nitrogens with zero attached hydrogens (tertiary/aromatic N) is 2. The second-order valence-electron chi connectivity index (χ2n) is 7.66. The average Bonchev–Trinajstić information content (AvgIpc) is 3.04. The van der Waals surface area contributed by atoms with E-state index in [2.05, 4.69) is 24.8 Å². The zero-order valence-corrected chi connectivity index (χ0v) is 16.1. The molecule has 2 fully saturated rings. The van der Waals surface area contributed by atoms with Gasteiger partial charge in [-0.25, -0.2) is 4.39 Å². The number of amides is 1. The molecule has 1 spiro atoms. The summed E-state index contributed by atoms with van der Waals surface area (Å²) in [6.07, 6.45) is 4.95. The Bertz CT molecular complexity index is 703. The van der Waals surface area contributed by atoms with Crippen LogP contribution in [-0.2, 0) is 11.3 Å². The third-order valence-electron chi connectivity index (χ3n) is 5.84. The lowest BCUT2D eigenvalue weighted by molar-refractivity contribution is -0.146. The quantitative estimate of drug-likeness (QED) is 0.752. The van der Waals surface area contributed by atoms with Crippen LogP contribution in [0.15, 0.2) is 29.8 Å². The van der Waals surface area contributed by atoms with Gasteiger partial charge >= 0.3 is 0 Å². The van der Waals surface area contributed by atoms with Gasteiger partial charge in [-0.15, -0.1) is 0 Å². The summed E-state index contributed by atoms with van der Waals surface area (Å²) in [6, 6.07) is 4.71. The van der Waals surface area contributed by atoms with E-state index in [1.165, 1.54) is 11.6 Å². The number of likely N-dealkylation sites (tertiary alicyclic amines) is 2. The number of rotatable bonds is 5. The van der Waals surface area contributed by atoms with E-state index < -0.39 is 0 Å². The van der Waals surface area contributed by atoms with Gasteiger partial charge in [-0.3, -0.25) is 9.69 Å². The monoisotopic (exact) mass is 360 g/mol. The summed E-state index contributed by atoms with van der Waals surface area (Å²) < 4.78 is 19.4. The smallest absolute Gasteiger partial charge is 0.230 e. The highest BCUT2D eigenvalue weighted by Gasteiger charge is 2.48. The first-order valence-electron chi connectivity index (χ1n) is 9.43. The molecule has 26 heavy (non-hydrogen) atoms. The molecule has 0 unspecified atom stereocenters. The van der Waals surface area contributed by atoms with E-state index in [4.69, 9.17) is 4.74 Å². The van der Waals surface area contributed by atoms with Gasteiger partial charge in [0, 0.05) is 31.7 Å². The number of benzene rings is 1. The van der Waals surface area contributed by atoms with Crippen molar-refractivity contribution in [2.45, 2.75) is 39.7 Å². The first-order chi connectivity index (χ1) is 12.5. The van der Waals surface area contributed by atoms with E-state index in [1.807, 2.05) is 4.90 Å². The van der Waals surface area contributed by atoms with Crippen LogP contribution >= 0.6 is 0 Å². The highest BCUT2D eigenvalue weighted by atomic mass is 19.1. The van der Waals surface area contributed by atoms with E-state index in [-0.39, 0.29) is 17.1 Å². The maximum absolute atomic E-state index is 14.2. The molecule has 1 aromatic rings. The molecule has 1 atom stereocenters. The van der Waals surface area contributed by atoms with Crippen molar-refractivity contribution >= 4 is 5.91 Å². The SMILES string of the molecule is C/C=C(\C)CN1CC[C@@]2(CCCN(Cc3cc(OC)ccc3F)C2=O)C1. The number of ether oxygens (including phenoxy) is 1. The zero-order valence-electron chi connectivity index (χ0n) is 16.1. The molecule has 0 saturated carbocycles. The van der Waals surface area contributed by atoms with E-state index in [1.54, 1.807) is 19.2 Å². The van der Waals surface area contributed by atoms with Crippen molar-refractivity contribution < 1.29 is 13.9 Å². The van der Waals surface area contributed by atoms with Gasteiger partial charge in [-0.2, -0.15) is 0 Å². The molecular weight excluding hydrogens is 331 g/mol. The van der Waals surface area contributed by atoms with Gasteiger partial charge in [-0.1, -0.05) is 11.6 Å². The first kappa shape index (κ1) is 18.9. The topological polar surface area (TPSA) is 32.8 Å². The van der Waals surface area contributed by atoms with Gasteiger partial charge in [0.25, 0.3) is 0 Å². The van der Waals surface area contributed by atoms with Crippen LogP contribution in [0.2, 0.25) is 0 Å². The van der Waals surface area contributed by atoms with Gasteiger partial charge in [0.05, 0.1) is 12.5 Å². The number of hydrogen-bond acceptors (Lipinski definition) is 3. The number of hydrogen-bond donors (Lipinski definition) is 0. The minimum absolute atomic E-state index is 0.187. The molecule has 0 N–H and O–H groups in total. The van der Waals surface area contributed by atoms with Crippen molar-refractivity contribution in [1.82, 2.24) is 9.80 Å². The Morgan fingerprint density at radius 3 is 2.88 bits per heavy atom. The molecule has 0 bridgehead atoms. The fourth-order valence-corrected chi connectivity index (χ4v) is 4.22. The standard InChI is InChI=1S/C21H29FN2O2/c1-4-16(2)13-23-11-9-21(15-23)8-5-10-24(20(21)25)14-17-12-18(26-3)6-7-19(17)22/h4,6-7,12H,5,8-11,13-15H2,1-3H3/b16-4+/t21-/m0/s1. The molecule has 1 amide bonds. The first-order valence-corrected chi connectivity index (χ1v) is 9.43. The van der Waals surface area contributed by atoms with Crippen LogP contribution in [0.25, 0.3) is 0 Å². The highest BCUT2D eigenvalue weighted by molar-refractivity contribution is 5.84. The summed E-state index contributed by atoms with van der Waals surface area (Å²) in [4.78, 5) is 17.5. The van der Waals surface area contributed by atoms with Crippen molar-refractivity contribution in [2.24, 2.45) is 5.41 Å². The predicted octanol–water partition coefficient (Wildman–Crippen LogP) is 3.62. The Morgan fingerprint density at radius 1 is 1.35 bits per heavy atom. The molecule has 0 radical (unpaired) electrons. The fraction of sp³-hybridized carbons (Fsp3) is 0.571. The summed E-state index contributed by atoms with van der Waals surface area (Å²) in [7, 11) is 1.57. The number of halogens is 1. The van der Waals surface area contributed by atoms with Gasteiger partial charge in [0.2, 0.25) is 5.91 Å². The molecule has 4 nitrogen and oxygen atoms in total. The Kier molecular flexibility index (Phi) is 5.66. The fourth-order valence-electron chi connectivity index (χ4n) is 4.22. The number of carbonyl (C=O) groups excluding carboxylic acids is 1. The predicted molar refractivity (Wildman–Crippen MR) is 101 cm³/mol. The molecule has 0 aromatic heterocycles. The Morgan fingerprint density at radius 2 is 2.15 bits per heavy atom. The molecule has 5 heteroatoms. The molecule has 2 aliphatic heterocycles. The summed E-state index contributed by atoms with van der Waals surface area (Å²) in [5.41, 5.74) is 1.57. The van der Waals surface area contributed by atoms with Crippen molar-refractivity contribution in [3.8, 4) is 5.75 Å². The van der Waals surface area contributed by atoms with Crippen LogP contribution in [0.3, 0.4) is 0 Å². The third-order valence-corrected chi connectivity index (χ3v) is 5.84. The number of methoxy groups -OCH3 is 1. The van der Waals surface area contributed by atoms with Crippen LogP contribution < -0.4 is 4.74 Å². The van der Waals surface area contributed by atoms with E-state index in [0.29, 0.717) is 24.4 Å². The average molecular weight is 360 g/mol. The second kappa shape index (κ2) is 7.78. The van der Waals surface area contributed by atoms with Crippen LogP contribution in [0.4, 0.5) is 4.39 Å². The molecule has 2 saturated heterocycles. The number of piperidine rings is 1. The van der Waals surface area contributed by atoms with Crippen molar-refractivity contribution in [3.05, 3.63) is 41.2 Å². The lowest BCUT2D eigenvalue weighted by Crippen LogP contribution is -2.49. The lowest BCUT2D eigenvalue weighted by atomic mass is 9.78. The van der Waals surface area contributed by atoms with Gasteiger partial charge < -0.3 is 9.64 Å². The van der Waals surface area contributed by atoms with Crippen LogP contribution in [-0.4, -0.2) is 49.0 Å². The molecule has 1 aromatic carbocycles. The highest BCUT2D eigenvalue weighted by Crippen LogP contribution is 2.40. The normalized spacial score (nSPS) is 24.5. The Balaban J connectivity index is 1.72. The maximum atomic E-state index is 14.2. The minimum atomic E-state index is -0.290. The van der Waals surface area contributed by atoms with Crippen molar-refractivity contribution in [3.63, 3.8) is 0 Å². The summed E-state index contributed by atoms with van der Waals surface area (Å²) in [5.74, 6) is 0.524. The van der Waals surface area contributed by atoms with Gasteiger partial charge in [-0.05, 0) is 57.9 Å².